The predicted octanol–water partition coefficient (Wildman–Crippen LogP) is 3.83. The van der Waals surface area contributed by atoms with E-state index in [1.165, 1.54) is 6.08 Å². The van der Waals surface area contributed by atoms with E-state index < -0.39 is 5.91 Å². The van der Waals surface area contributed by atoms with Gasteiger partial charge >= 0.3 is 0 Å². The third-order valence-corrected chi connectivity index (χ3v) is 3.78. The number of carbonyl (C=O) groups is 2. The van der Waals surface area contributed by atoms with Crippen LogP contribution in [-0.4, -0.2) is 11.8 Å². The minimum absolute atomic E-state index is 0.369. The van der Waals surface area contributed by atoms with Gasteiger partial charge in [-0.1, -0.05) is 72.8 Å². The molecule has 0 heterocycles. The van der Waals surface area contributed by atoms with Crippen LogP contribution in [0.1, 0.15) is 15.9 Å². The maximum atomic E-state index is 12.1. The van der Waals surface area contributed by atoms with Gasteiger partial charge in [0.2, 0.25) is 0 Å². The molecular formula is C22H18N2O2. The Morgan fingerprint density at radius 2 is 1.23 bits per heavy atom. The lowest BCUT2D eigenvalue weighted by molar-refractivity contribution is -0.117. The number of carbonyl (C=O) groups excluding carboxylic acids is 2. The summed E-state index contributed by atoms with van der Waals surface area (Å²) in [5.74, 6) is -0.769. The third kappa shape index (κ3) is 4.68. The normalized spacial score (nSPS) is 10.5. The third-order valence-electron chi connectivity index (χ3n) is 3.78. The summed E-state index contributed by atoms with van der Waals surface area (Å²) >= 11 is 0. The van der Waals surface area contributed by atoms with E-state index in [0.717, 1.165) is 16.7 Å². The van der Waals surface area contributed by atoms with Crippen LogP contribution in [0, 0.1) is 0 Å². The molecule has 26 heavy (non-hydrogen) atoms. The zero-order chi connectivity index (χ0) is 18.2. The minimum Gasteiger partial charge on any atom is -0.268 e. The first kappa shape index (κ1) is 17.2. The second-order valence-corrected chi connectivity index (χ2v) is 5.63. The van der Waals surface area contributed by atoms with E-state index in [0.29, 0.717) is 5.56 Å². The van der Waals surface area contributed by atoms with Gasteiger partial charge in [-0.25, -0.2) is 0 Å². The summed E-state index contributed by atoms with van der Waals surface area (Å²) in [6.07, 6.45) is 3.05. The Morgan fingerprint density at radius 3 is 1.88 bits per heavy atom. The van der Waals surface area contributed by atoms with Crippen LogP contribution >= 0.6 is 0 Å². The van der Waals surface area contributed by atoms with Gasteiger partial charge in [0, 0.05) is 11.6 Å². The molecule has 0 aliphatic carbocycles. The number of amides is 2. The Labute approximate surface area is 152 Å². The van der Waals surface area contributed by atoms with Crippen molar-refractivity contribution in [1.29, 1.82) is 0 Å². The average Bonchev–Trinajstić information content (AvgIpc) is 2.72. The second-order valence-electron chi connectivity index (χ2n) is 5.63. The van der Waals surface area contributed by atoms with Crippen LogP contribution in [0.5, 0.6) is 0 Å². The molecule has 0 bridgehead atoms. The van der Waals surface area contributed by atoms with Gasteiger partial charge in [-0.2, -0.15) is 0 Å². The molecule has 128 valence electrons. The molecule has 0 saturated carbocycles. The van der Waals surface area contributed by atoms with Crippen LogP contribution in [0.15, 0.2) is 91.0 Å². The minimum atomic E-state index is -0.400. The van der Waals surface area contributed by atoms with E-state index in [-0.39, 0.29) is 5.91 Å². The molecule has 0 atom stereocenters. The molecule has 0 fully saturated rings. The van der Waals surface area contributed by atoms with Crippen LogP contribution in [-0.2, 0) is 4.79 Å². The second kappa shape index (κ2) is 8.44. The van der Waals surface area contributed by atoms with Crippen LogP contribution in [0.2, 0.25) is 0 Å². The molecule has 4 nitrogen and oxygen atoms in total. The molecule has 3 aromatic rings. The molecule has 0 aromatic heterocycles. The standard InChI is InChI=1S/C22H18N2O2/c25-21(16-11-17-7-3-1-4-8-17)23-24-22(26)20-14-12-19(13-15-20)18-9-5-2-6-10-18/h1-16H,(H,23,25)(H,24,26). The maximum Gasteiger partial charge on any atom is 0.269 e. The highest BCUT2D eigenvalue weighted by Gasteiger charge is 2.06. The molecule has 3 rings (SSSR count). The number of benzene rings is 3. The first-order chi connectivity index (χ1) is 12.7. The van der Waals surface area contributed by atoms with Crippen molar-refractivity contribution in [1.82, 2.24) is 10.9 Å². The predicted molar refractivity (Wildman–Crippen MR) is 103 cm³/mol. The Hall–Kier alpha value is -3.66. The Kier molecular flexibility index (Phi) is 5.58. The monoisotopic (exact) mass is 342 g/mol. The summed E-state index contributed by atoms with van der Waals surface area (Å²) in [5, 5.41) is 0. The van der Waals surface area contributed by atoms with E-state index in [9.17, 15) is 9.59 Å². The molecule has 0 aliphatic heterocycles. The topological polar surface area (TPSA) is 58.2 Å². The van der Waals surface area contributed by atoms with Gasteiger partial charge in [0.05, 0.1) is 0 Å². The largest absolute Gasteiger partial charge is 0.269 e. The average molecular weight is 342 g/mol. The Morgan fingerprint density at radius 1 is 0.654 bits per heavy atom. The highest BCUT2D eigenvalue weighted by Crippen LogP contribution is 2.19. The molecule has 0 spiro atoms. The fourth-order valence-corrected chi connectivity index (χ4v) is 2.41. The molecule has 4 heteroatoms. The van der Waals surface area contributed by atoms with Gasteiger partial charge in [0.25, 0.3) is 11.8 Å². The zero-order valence-electron chi connectivity index (χ0n) is 14.1. The van der Waals surface area contributed by atoms with Gasteiger partial charge in [-0.05, 0) is 34.9 Å². The van der Waals surface area contributed by atoms with E-state index in [1.54, 1.807) is 18.2 Å². The highest BCUT2D eigenvalue weighted by atomic mass is 16.2. The van der Waals surface area contributed by atoms with Crippen molar-refractivity contribution in [2.45, 2.75) is 0 Å². The highest BCUT2D eigenvalue weighted by molar-refractivity contribution is 5.98. The van der Waals surface area contributed by atoms with Gasteiger partial charge < -0.3 is 0 Å². The first-order valence-electron chi connectivity index (χ1n) is 8.21. The number of hydrazine groups is 1. The zero-order valence-corrected chi connectivity index (χ0v) is 14.1. The lowest BCUT2D eigenvalue weighted by Gasteiger charge is -2.06. The number of nitrogens with one attached hydrogen (secondary N) is 2. The fraction of sp³-hybridized carbons (Fsp3) is 0. The smallest absolute Gasteiger partial charge is 0.268 e. The van der Waals surface area contributed by atoms with E-state index >= 15 is 0 Å². The SMILES string of the molecule is O=C(C=Cc1ccccc1)NNC(=O)c1ccc(-c2ccccc2)cc1. The van der Waals surface area contributed by atoms with Crippen molar-refractivity contribution >= 4 is 17.9 Å². The van der Waals surface area contributed by atoms with Crippen LogP contribution in [0.25, 0.3) is 17.2 Å². The van der Waals surface area contributed by atoms with E-state index in [2.05, 4.69) is 10.9 Å². The summed E-state index contributed by atoms with van der Waals surface area (Å²) in [4.78, 5) is 23.9. The maximum absolute atomic E-state index is 12.1. The number of hydrogen-bond donors (Lipinski definition) is 2. The fourth-order valence-electron chi connectivity index (χ4n) is 2.41. The van der Waals surface area contributed by atoms with Crippen molar-refractivity contribution in [3.63, 3.8) is 0 Å². The summed E-state index contributed by atoms with van der Waals surface area (Å²) in [6.45, 7) is 0. The van der Waals surface area contributed by atoms with Crippen LogP contribution in [0.4, 0.5) is 0 Å². The molecule has 0 saturated heterocycles. The number of rotatable bonds is 4. The lowest BCUT2D eigenvalue weighted by Crippen LogP contribution is -2.40. The van der Waals surface area contributed by atoms with Gasteiger partial charge in [0.15, 0.2) is 0 Å². The number of hydrogen-bond acceptors (Lipinski definition) is 2. The van der Waals surface area contributed by atoms with Crippen LogP contribution in [0.3, 0.4) is 0 Å². The van der Waals surface area contributed by atoms with E-state index in [1.807, 2.05) is 72.8 Å². The summed E-state index contributed by atoms with van der Waals surface area (Å²) in [6, 6.07) is 26.6. The van der Waals surface area contributed by atoms with Crippen molar-refractivity contribution in [2.24, 2.45) is 0 Å². The summed E-state index contributed by atoms with van der Waals surface area (Å²) in [5.41, 5.74) is 8.26. The molecular weight excluding hydrogens is 324 g/mol. The molecule has 2 amide bonds. The van der Waals surface area contributed by atoms with Crippen molar-refractivity contribution < 1.29 is 9.59 Å². The molecule has 3 aromatic carbocycles. The Bertz CT molecular complexity index is 902. The van der Waals surface area contributed by atoms with Crippen molar-refractivity contribution in [3.8, 4) is 11.1 Å². The molecule has 0 aliphatic rings. The van der Waals surface area contributed by atoms with Crippen LogP contribution < -0.4 is 10.9 Å². The molecule has 0 radical (unpaired) electrons. The summed E-state index contributed by atoms with van der Waals surface area (Å²) in [7, 11) is 0. The van der Waals surface area contributed by atoms with Crippen molar-refractivity contribution in [2.75, 3.05) is 0 Å². The summed E-state index contributed by atoms with van der Waals surface area (Å²) < 4.78 is 0. The Balaban J connectivity index is 1.55. The lowest BCUT2D eigenvalue weighted by atomic mass is 10.0. The van der Waals surface area contributed by atoms with Gasteiger partial charge in [-0.3, -0.25) is 20.4 Å². The van der Waals surface area contributed by atoms with Gasteiger partial charge in [-0.15, -0.1) is 0 Å². The van der Waals surface area contributed by atoms with Crippen molar-refractivity contribution in [3.05, 3.63) is 102 Å². The quantitative estimate of drug-likeness (QED) is 0.559. The molecule has 2 N–H and O–H groups in total. The first-order valence-corrected chi connectivity index (χ1v) is 8.21. The van der Waals surface area contributed by atoms with E-state index in [4.69, 9.17) is 0 Å². The molecule has 0 unspecified atom stereocenters. The van der Waals surface area contributed by atoms with Gasteiger partial charge in [0.1, 0.15) is 0 Å².